The number of aliphatic hydroxyl groups excluding tert-OH is 1. The molecule has 1 aromatic heterocycles. The molecule has 0 radical (unpaired) electrons. The van der Waals surface area contributed by atoms with Gasteiger partial charge in [0.15, 0.2) is 0 Å². The van der Waals surface area contributed by atoms with Gasteiger partial charge in [0.1, 0.15) is 18.5 Å². The highest BCUT2D eigenvalue weighted by Gasteiger charge is 2.06. The molecule has 4 nitrogen and oxygen atoms in total. The summed E-state index contributed by atoms with van der Waals surface area (Å²) in [6.45, 7) is 0.740. The molecule has 20 heavy (non-hydrogen) atoms. The Bertz CT molecular complexity index is 680. The zero-order valence-electron chi connectivity index (χ0n) is 11.0. The second kappa shape index (κ2) is 5.75. The van der Waals surface area contributed by atoms with E-state index in [0.29, 0.717) is 6.54 Å². The van der Waals surface area contributed by atoms with Gasteiger partial charge in [-0.15, -0.1) is 0 Å². The maximum Gasteiger partial charge on any atom is 0.120 e. The fraction of sp³-hybridized carbons (Fsp3) is 0.188. The molecular weight excluding hydrogens is 252 g/mol. The largest absolute Gasteiger partial charge is 0.491 e. The Morgan fingerprint density at radius 1 is 1.15 bits per heavy atom. The van der Waals surface area contributed by atoms with Crippen LogP contribution in [0, 0.1) is 0 Å². The first-order valence-electron chi connectivity index (χ1n) is 6.57. The number of fused-ring (bicyclic) bond motifs is 1. The van der Waals surface area contributed by atoms with Crippen molar-refractivity contribution in [3.05, 3.63) is 61.2 Å². The van der Waals surface area contributed by atoms with Crippen molar-refractivity contribution in [2.75, 3.05) is 6.61 Å². The molecule has 1 atom stereocenters. The minimum Gasteiger partial charge on any atom is -0.491 e. The third kappa shape index (κ3) is 2.97. The molecule has 0 bridgehead atoms. The lowest BCUT2D eigenvalue weighted by molar-refractivity contribution is 0.0925. The topological polar surface area (TPSA) is 47.3 Å². The summed E-state index contributed by atoms with van der Waals surface area (Å²) in [6, 6.07) is 14.0. The van der Waals surface area contributed by atoms with Crippen molar-refractivity contribution in [2.24, 2.45) is 0 Å². The molecule has 0 unspecified atom stereocenters. The SMILES string of the molecule is O[C@@H](COc1ccc2ccccc2c1)Cn1ccnc1. The molecule has 0 aliphatic rings. The molecule has 0 spiro atoms. The van der Waals surface area contributed by atoms with Crippen LogP contribution in [-0.2, 0) is 6.54 Å². The monoisotopic (exact) mass is 268 g/mol. The average molecular weight is 268 g/mol. The molecular formula is C16H16N2O2. The van der Waals surface area contributed by atoms with E-state index in [1.165, 1.54) is 5.39 Å². The van der Waals surface area contributed by atoms with Crippen molar-refractivity contribution in [2.45, 2.75) is 12.6 Å². The normalized spacial score (nSPS) is 12.4. The van der Waals surface area contributed by atoms with Gasteiger partial charge in [-0.2, -0.15) is 0 Å². The number of benzene rings is 2. The zero-order chi connectivity index (χ0) is 13.8. The van der Waals surface area contributed by atoms with Gasteiger partial charge in [-0.05, 0) is 22.9 Å². The number of imidazole rings is 1. The van der Waals surface area contributed by atoms with Gasteiger partial charge in [0.2, 0.25) is 0 Å². The fourth-order valence-electron chi connectivity index (χ4n) is 2.14. The predicted molar refractivity (Wildman–Crippen MR) is 77.7 cm³/mol. The van der Waals surface area contributed by atoms with Crippen molar-refractivity contribution in [3.63, 3.8) is 0 Å². The minimum absolute atomic E-state index is 0.260. The number of hydrogen-bond donors (Lipinski definition) is 1. The molecule has 0 fully saturated rings. The standard InChI is InChI=1S/C16H16N2O2/c19-15(10-18-8-7-17-12-18)11-20-16-6-5-13-3-1-2-4-14(13)9-16/h1-9,12,15,19H,10-11H2/t15-/m1/s1. The zero-order valence-corrected chi connectivity index (χ0v) is 11.0. The molecule has 2 aromatic carbocycles. The van der Waals surface area contributed by atoms with Crippen molar-refractivity contribution >= 4 is 10.8 Å². The summed E-state index contributed by atoms with van der Waals surface area (Å²) >= 11 is 0. The Balaban J connectivity index is 1.61. The van der Waals surface area contributed by atoms with E-state index in [1.807, 2.05) is 47.2 Å². The maximum atomic E-state index is 9.92. The van der Waals surface area contributed by atoms with Crippen molar-refractivity contribution in [3.8, 4) is 5.75 Å². The number of ether oxygens (including phenoxy) is 1. The van der Waals surface area contributed by atoms with E-state index in [-0.39, 0.29) is 6.61 Å². The van der Waals surface area contributed by atoms with Crippen LogP contribution in [0.5, 0.6) is 5.75 Å². The minimum atomic E-state index is -0.560. The number of nitrogens with zero attached hydrogens (tertiary/aromatic N) is 2. The second-order valence-corrected chi connectivity index (χ2v) is 4.73. The van der Waals surface area contributed by atoms with Crippen LogP contribution in [0.4, 0.5) is 0 Å². The average Bonchev–Trinajstić information content (AvgIpc) is 2.98. The van der Waals surface area contributed by atoms with Crippen molar-refractivity contribution in [1.29, 1.82) is 0 Å². The molecule has 0 aliphatic heterocycles. The highest BCUT2D eigenvalue weighted by Crippen LogP contribution is 2.20. The van der Waals surface area contributed by atoms with Gasteiger partial charge < -0.3 is 14.4 Å². The van der Waals surface area contributed by atoms with Gasteiger partial charge in [-0.3, -0.25) is 0 Å². The summed E-state index contributed by atoms with van der Waals surface area (Å²) < 4.78 is 7.47. The van der Waals surface area contributed by atoms with Crippen molar-refractivity contribution in [1.82, 2.24) is 9.55 Å². The van der Waals surface area contributed by atoms with Gasteiger partial charge in [0.25, 0.3) is 0 Å². The lowest BCUT2D eigenvalue weighted by atomic mass is 10.1. The van der Waals surface area contributed by atoms with Crippen LogP contribution < -0.4 is 4.74 Å². The van der Waals surface area contributed by atoms with Crippen LogP contribution >= 0.6 is 0 Å². The van der Waals surface area contributed by atoms with Gasteiger partial charge >= 0.3 is 0 Å². The molecule has 0 amide bonds. The van der Waals surface area contributed by atoms with Crippen LogP contribution in [0.25, 0.3) is 10.8 Å². The number of rotatable bonds is 5. The first-order valence-corrected chi connectivity index (χ1v) is 6.57. The summed E-state index contributed by atoms with van der Waals surface area (Å²) in [7, 11) is 0. The number of aliphatic hydroxyl groups is 1. The Kier molecular flexibility index (Phi) is 3.65. The van der Waals surface area contributed by atoms with E-state index in [4.69, 9.17) is 4.74 Å². The van der Waals surface area contributed by atoms with Crippen LogP contribution in [0.3, 0.4) is 0 Å². The molecule has 4 heteroatoms. The Morgan fingerprint density at radius 2 is 2.00 bits per heavy atom. The van der Waals surface area contributed by atoms with E-state index >= 15 is 0 Å². The van der Waals surface area contributed by atoms with Gasteiger partial charge in [0, 0.05) is 12.4 Å². The first-order chi connectivity index (χ1) is 9.81. The molecule has 1 heterocycles. The lowest BCUT2D eigenvalue weighted by Crippen LogP contribution is -2.22. The molecule has 102 valence electrons. The highest BCUT2D eigenvalue weighted by atomic mass is 16.5. The summed E-state index contributed by atoms with van der Waals surface area (Å²) in [6.07, 6.45) is 4.63. The Hall–Kier alpha value is -2.33. The smallest absolute Gasteiger partial charge is 0.120 e. The summed E-state index contributed by atoms with van der Waals surface area (Å²) in [5.41, 5.74) is 0. The summed E-state index contributed by atoms with van der Waals surface area (Å²) in [5.74, 6) is 0.772. The lowest BCUT2D eigenvalue weighted by Gasteiger charge is -2.13. The fourth-order valence-corrected chi connectivity index (χ4v) is 2.14. The molecule has 3 aromatic rings. The van der Waals surface area contributed by atoms with Crippen molar-refractivity contribution < 1.29 is 9.84 Å². The number of aromatic nitrogens is 2. The Morgan fingerprint density at radius 3 is 2.80 bits per heavy atom. The molecule has 1 N–H and O–H groups in total. The second-order valence-electron chi connectivity index (χ2n) is 4.73. The van der Waals surface area contributed by atoms with Crippen LogP contribution in [0.15, 0.2) is 61.2 Å². The molecule has 3 rings (SSSR count). The van der Waals surface area contributed by atoms with Gasteiger partial charge in [0.05, 0.1) is 12.9 Å². The third-order valence-corrected chi connectivity index (χ3v) is 3.14. The number of hydrogen-bond acceptors (Lipinski definition) is 3. The summed E-state index contributed by atoms with van der Waals surface area (Å²) in [5, 5.41) is 12.2. The van der Waals surface area contributed by atoms with Gasteiger partial charge in [-0.25, -0.2) is 4.98 Å². The van der Waals surface area contributed by atoms with Crippen LogP contribution in [-0.4, -0.2) is 27.4 Å². The van der Waals surface area contributed by atoms with Crippen LogP contribution in [0.1, 0.15) is 0 Å². The van der Waals surface area contributed by atoms with E-state index < -0.39 is 6.10 Å². The van der Waals surface area contributed by atoms with E-state index in [9.17, 15) is 5.11 Å². The van der Waals surface area contributed by atoms with Gasteiger partial charge in [-0.1, -0.05) is 30.3 Å². The Labute approximate surface area is 117 Å². The van der Waals surface area contributed by atoms with E-state index in [0.717, 1.165) is 11.1 Å². The molecule has 0 saturated carbocycles. The third-order valence-electron chi connectivity index (χ3n) is 3.14. The van der Waals surface area contributed by atoms with E-state index in [1.54, 1.807) is 12.5 Å². The molecule has 0 saturated heterocycles. The maximum absolute atomic E-state index is 9.92. The predicted octanol–water partition coefficient (Wildman–Crippen LogP) is 2.48. The highest BCUT2D eigenvalue weighted by molar-refractivity contribution is 5.83. The van der Waals surface area contributed by atoms with Crippen LogP contribution in [0.2, 0.25) is 0 Å². The summed E-state index contributed by atoms with van der Waals surface area (Å²) in [4.78, 5) is 3.94. The quantitative estimate of drug-likeness (QED) is 0.773. The van der Waals surface area contributed by atoms with E-state index in [2.05, 4.69) is 11.1 Å². The molecule has 0 aliphatic carbocycles. The first kappa shape index (κ1) is 12.7.